The van der Waals surface area contributed by atoms with Crippen molar-refractivity contribution in [1.82, 2.24) is 9.21 Å². The van der Waals surface area contributed by atoms with Gasteiger partial charge in [0, 0.05) is 44.0 Å². The molecule has 49 heavy (non-hydrogen) atoms. The molecule has 0 saturated carbocycles. The molecular formula is C36H48N4O8S. The zero-order chi connectivity index (χ0) is 35.6. The van der Waals surface area contributed by atoms with E-state index in [-0.39, 0.29) is 42.2 Å². The Morgan fingerprint density at radius 3 is 2.41 bits per heavy atom. The third kappa shape index (κ3) is 10.2. The van der Waals surface area contributed by atoms with Gasteiger partial charge in [-0.2, -0.15) is 4.31 Å². The molecule has 3 N–H and O–H groups in total. The number of anilines is 2. The normalized spacial score (nSPS) is 20.0. The molecule has 0 fully saturated rings. The van der Waals surface area contributed by atoms with Gasteiger partial charge in [-0.05, 0) is 87.7 Å². The first kappa shape index (κ1) is 37.6. The van der Waals surface area contributed by atoms with Crippen LogP contribution in [0.1, 0.15) is 50.4 Å². The largest absolute Gasteiger partial charge is 0.497 e. The summed E-state index contributed by atoms with van der Waals surface area (Å²) in [6.45, 7) is 5.87. The highest BCUT2D eigenvalue weighted by Gasteiger charge is 2.32. The van der Waals surface area contributed by atoms with Gasteiger partial charge in [0.15, 0.2) is 0 Å². The lowest BCUT2D eigenvalue weighted by Crippen LogP contribution is -2.48. The van der Waals surface area contributed by atoms with Gasteiger partial charge in [-0.1, -0.05) is 25.1 Å². The lowest BCUT2D eigenvalue weighted by molar-refractivity contribution is -0.00834. The van der Waals surface area contributed by atoms with Crippen LogP contribution in [0.5, 0.6) is 11.5 Å². The Balaban J connectivity index is 1.62. The van der Waals surface area contributed by atoms with E-state index in [0.29, 0.717) is 35.9 Å². The van der Waals surface area contributed by atoms with Gasteiger partial charge in [0.2, 0.25) is 10.0 Å². The molecule has 3 amide bonds. The van der Waals surface area contributed by atoms with Crippen molar-refractivity contribution >= 4 is 33.3 Å². The summed E-state index contributed by atoms with van der Waals surface area (Å²) in [5.74, 6) is 0.171. The fraction of sp³-hybridized carbons (Fsp3) is 0.444. The number of urea groups is 1. The first-order valence-corrected chi connectivity index (χ1v) is 17.9. The number of aliphatic hydroxyl groups is 1. The summed E-state index contributed by atoms with van der Waals surface area (Å²) >= 11 is 0. The van der Waals surface area contributed by atoms with Crippen LogP contribution in [-0.2, 0) is 14.8 Å². The molecule has 4 atom stereocenters. The van der Waals surface area contributed by atoms with Crippen molar-refractivity contribution in [3.8, 4) is 11.5 Å². The topological polar surface area (TPSA) is 147 Å². The number of carbonyl (C=O) groups excluding carboxylic acids is 2. The number of hydrogen-bond acceptors (Lipinski definition) is 8. The maximum atomic E-state index is 14.4. The third-order valence-electron chi connectivity index (χ3n) is 8.55. The zero-order valence-electron chi connectivity index (χ0n) is 28.8. The molecule has 1 heterocycles. The van der Waals surface area contributed by atoms with Gasteiger partial charge in [0.1, 0.15) is 11.5 Å². The van der Waals surface area contributed by atoms with Gasteiger partial charge in [-0.15, -0.1) is 0 Å². The highest BCUT2D eigenvalue weighted by molar-refractivity contribution is 7.89. The molecule has 12 nitrogen and oxygen atoms in total. The van der Waals surface area contributed by atoms with Gasteiger partial charge in [-0.3, -0.25) is 4.79 Å². The third-order valence-corrected chi connectivity index (χ3v) is 10.4. The number of methoxy groups -OCH3 is 1. The number of sulfonamides is 1. The van der Waals surface area contributed by atoms with Crippen LogP contribution in [0, 0.1) is 5.92 Å². The molecule has 3 aromatic rings. The smallest absolute Gasteiger partial charge is 0.323 e. The standard InChI is InChI=1S/C36H48N4O8S/c1-25-22-40(26(2)24-41)35(42)32-21-29(38-36(43)37-28-12-7-6-8-13-28)14-19-33(32)48-27(3)11-9-10-20-47-34(25)23-39(4)49(44,45)31-17-15-30(46-5)16-18-31/h6-8,12-19,21,25-27,34,41H,9-11,20,22-24H2,1-5H3,(H2,37,38,43)/t25-,26+,27+,34+/m1/s1. The Kier molecular flexibility index (Phi) is 13.4. The Morgan fingerprint density at radius 1 is 1.04 bits per heavy atom. The lowest BCUT2D eigenvalue weighted by atomic mass is 10.0. The molecule has 4 rings (SSSR count). The molecular weight excluding hydrogens is 648 g/mol. The van der Waals surface area contributed by atoms with Crippen LogP contribution in [0.15, 0.2) is 77.7 Å². The van der Waals surface area contributed by atoms with Gasteiger partial charge in [0.25, 0.3) is 5.91 Å². The Labute approximate surface area is 289 Å². The van der Waals surface area contributed by atoms with Crippen molar-refractivity contribution in [3.63, 3.8) is 0 Å². The number of nitrogens with one attached hydrogen (secondary N) is 2. The maximum Gasteiger partial charge on any atom is 0.323 e. The van der Waals surface area contributed by atoms with Crippen molar-refractivity contribution in [2.75, 3.05) is 51.1 Å². The summed E-state index contributed by atoms with van der Waals surface area (Å²) < 4.78 is 46.1. The Morgan fingerprint density at radius 2 is 1.73 bits per heavy atom. The number of aliphatic hydroxyl groups excluding tert-OH is 1. The van der Waals surface area contributed by atoms with Crippen molar-refractivity contribution in [2.45, 2.75) is 63.2 Å². The summed E-state index contributed by atoms with van der Waals surface area (Å²) in [5, 5.41) is 15.8. The van der Waals surface area contributed by atoms with Crippen LogP contribution in [0.3, 0.4) is 0 Å². The van der Waals surface area contributed by atoms with Crippen LogP contribution in [0.2, 0.25) is 0 Å². The number of rotatable bonds is 9. The van der Waals surface area contributed by atoms with Gasteiger partial charge < -0.3 is 34.9 Å². The molecule has 0 spiro atoms. The van der Waals surface area contributed by atoms with Gasteiger partial charge >= 0.3 is 6.03 Å². The average molecular weight is 697 g/mol. The molecule has 0 bridgehead atoms. The van der Waals surface area contributed by atoms with Crippen molar-refractivity contribution < 1.29 is 37.3 Å². The van der Waals surface area contributed by atoms with E-state index in [1.54, 1.807) is 54.3 Å². The molecule has 266 valence electrons. The summed E-state index contributed by atoms with van der Waals surface area (Å²) in [4.78, 5) is 28.8. The minimum atomic E-state index is -3.85. The number of hydrogen-bond donors (Lipinski definition) is 3. The quantitative estimate of drug-likeness (QED) is 0.268. The zero-order valence-corrected chi connectivity index (χ0v) is 29.6. The second kappa shape index (κ2) is 17.5. The number of para-hydroxylation sites is 1. The number of fused-ring (bicyclic) bond motifs is 1. The molecule has 1 aliphatic rings. The van der Waals surface area contributed by atoms with E-state index in [1.165, 1.54) is 30.6 Å². The van der Waals surface area contributed by atoms with E-state index in [9.17, 15) is 23.1 Å². The Hall–Kier alpha value is -4.17. The van der Waals surface area contributed by atoms with E-state index >= 15 is 0 Å². The van der Waals surface area contributed by atoms with Gasteiger partial charge in [0.05, 0.1) is 42.4 Å². The van der Waals surface area contributed by atoms with Crippen molar-refractivity contribution in [3.05, 3.63) is 78.4 Å². The number of carbonyl (C=O) groups is 2. The van der Waals surface area contributed by atoms with Crippen LogP contribution in [-0.4, -0.2) is 93.4 Å². The lowest BCUT2D eigenvalue weighted by Gasteiger charge is -2.35. The molecule has 0 aliphatic carbocycles. The molecule has 13 heteroatoms. The number of nitrogens with zero attached hydrogens (tertiary/aromatic N) is 2. The van der Waals surface area contributed by atoms with Gasteiger partial charge in [-0.25, -0.2) is 13.2 Å². The highest BCUT2D eigenvalue weighted by atomic mass is 32.2. The second-order valence-electron chi connectivity index (χ2n) is 12.4. The monoisotopic (exact) mass is 696 g/mol. The van der Waals surface area contributed by atoms with Crippen LogP contribution in [0.25, 0.3) is 0 Å². The SMILES string of the molecule is COc1ccc(S(=O)(=O)N(C)C[C@@H]2OCCCC[C@H](C)Oc3ccc(NC(=O)Nc4ccccc4)cc3C(=O)N([C@@H](C)CO)C[C@H]2C)cc1. The maximum absolute atomic E-state index is 14.4. The molecule has 0 aromatic heterocycles. The van der Waals surface area contributed by atoms with Crippen molar-refractivity contribution in [2.24, 2.45) is 5.92 Å². The fourth-order valence-electron chi connectivity index (χ4n) is 5.56. The van der Waals surface area contributed by atoms with Crippen LogP contribution >= 0.6 is 0 Å². The first-order valence-electron chi connectivity index (χ1n) is 16.5. The summed E-state index contributed by atoms with van der Waals surface area (Å²) in [7, 11) is -0.827. The van der Waals surface area contributed by atoms with E-state index in [1.807, 2.05) is 32.0 Å². The summed E-state index contributed by atoms with van der Waals surface area (Å²) in [6.07, 6.45) is 1.42. The molecule has 0 unspecified atom stereocenters. The van der Waals surface area contributed by atoms with Crippen molar-refractivity contribution in [1.29, 1.82) is 0 Å². The number of likely N-dealkylation sites (N-methyl/N-ethyl adjacent to an activating group) is 1. The number of ether oxygens (including phenoxy) is 3. The van der Waals surface area contributed by atoms with Crippen LogP contribution in [0.4, 0.5) is 16.2 Å². The summed E-state index contributed by atoms with van der Waals surface area (Å²) in [5.41, 5.74) is 1.22. The minimum absolute atomic E-state index is 0.0474. The van der Waals surface area contributed by atoms with E-state index in [0.717, 1.165) is 12.8 Å². The highest BCUT2D eigenvalue weighted by Crippen LogP contribution is 2.29. The molecule has 0 radical (unpaired) electrons. The van der Waals surface area contributed by atoms with Crippen LogP contribution < -0.4 is 20.1 Å². The molecule has 1 aliphatic heterocycles. The number of benzene rings is 3. The molecule has 3 aromatic carbocycles. The summed E-state index contributed by atoms with van der Waals surface area (Å²) in [6, 6.07) is 19.1. The number of amides is 3. The van der Waals surface area contributed by atoms with E-state index in [4.69, 9.17) is 14.2 Å². The minimum Gasteiger partial charge on any atom is -0.497 e. The predicted octanol–water partition coefficient (Wildman–Crippen LogP) is 5.46. The van der Waals surface area contributed by atoms with E-state index < -0.39 is 34.1 Å². The van der Waals surface area contributed by atoms with E-state index in [2.05, 4.69) is 10.6 Å². The fourth-order valence-corrected chi connectivity index (χ4v) is 6.74. The predicted molar refractivity (Wildman–Crippen MR) is 189 cm³/mol. The first-order chi connectivity index (χ1) is 23.4. The average Bonchev–Trinajstić information content (AvgIpc) is 3.09. The second-order valence-corrected chi connectivity index (χ2v) is 14.5. The molecule has 0 saturated heterocycles. The Bertz CT molecular complexity index is 1640.